The Morgan fingerprint density at radius 1 is 1.40 bits per heavy atom. The number of nitrogens with zero attached hydrogens (tertiary/aromatic N) is 1. The van der Waals surface area contributed by atoms with E-state index >= 15 is 0 Å². The second-order valence-corrected chi connectivity index (χ2v) is 4.16. The van der Waals surface area contributed by atoms with E-state index in [9.17, 15) is 9.90 Å². The summed E-state index contributed by atoms with van der Waals surface area (Å²) in [5.41, 5.74) is -0.333. The van der Waals surface area contributed by atoms with Gasteiger partial charge in [0.15, 0.2) is 5.78 Å². The standard InChI is InChI=1S/C12H15NO2/c14-11(12(15)6-2-3-7-12)9-10-5-1-4-8-13-10/h1,4-5,8,15H,2-3,6-7,9H2. The first-order valence-corrected chi connectivity index (χ1v) is 5.36. The molecule has 0 bridgehead atoms. The van der Waals surface area contributed by atoms with Crippen LogP contribution in [0.15, 0.2) is 24.4 Å². The normalized spacial score (nSPS) is 19.0. The highest BCUT2D eigenvalue weighted by Gasteiger charge is 2.38. The summed E-state index contributed by atoms with van der Waals surface area (Å²) < 4.78 is 0. The van der Waals surface area contributed by atoms with Crippen molar-refractivity contribution in [1.82, 2.24) is 4.98 Å². The van der Waals surface area contributed by atoms with Crippen molar-refractivity contribution >= 4 is 5.78 Å². The molecule has 0 unspecified atom stereocenters. The largest absolute Gasteiger partial charge is 0.382 e. The Morgan fingerprint density at radius 2 is 2.13 bits per heavy atom. The zero-order valence-corrected chi connectivity index (χ0v) is 8.65. The van der Waals surface area contributed by atoms with Gasteiger partial charge in [-0.15, -0.1) is 0 Å². The monoisotopic (exact) mass is 205 g/mol. The van der Waals surface area contributed by atoms with Crippen LogP contribution < -0.4 is 0 Å². The van der Waals surface area contributed by atoms with Crippen LogP contribution >= 0.6 is 0 Å². The zero-order chi connectivity index (χ0) is 10.7. The lowest BCUT2D eigenvalue weighted by atomic mass is 9.93. The molecule has 80 valence electrons. The average molecular weight is 205 g/mol. The maximum atomic E-state index is 11.8. The molecule has 1 heterocycles. The van der Waals surface area contributed by atoms with Gasteiger partial charge in [-0.1, -0.05) is 6.07 Å². The SMILES string of the molecule is O=C(Cc1ccccn1)C1(O)CCCC1. The van der Waals surface area contributed by atoms with Gasteiger partial charge in [0.05, 0.1) is 6.42 Å². The van der Waals surface area contributed by atoms with E-state index in [2.05, 4.69) is 4.98 Å². The summed E-state index contributed by atoms with van der Waals surface area (Å²) in [5.74, 6) is -0.0845. The van der Waals surface area contributed by atoms with Crippen LogP contribution in [0.1, 0.15) is 31.4 Å². The van der Waals surface area contributed by atoms with Crippen LogP contribution in [-0.2, 0) is 11.2 Å². The molecule has 3 nitrogen and oxygen atoms in total. The molecule has 3 heteroatoms. The average Bonchev–Trinajstić information content (AvgIpc) is 2.68. The molecule has 1 aromatic heterocycles. The van der Waals surface area contributed by atoms with E-state index in [1.807, 2.05) is 18.2 Å². The Morgan fingerprint density at radius 3 is 2.73 bits per heavy atom. The first kappa shape index (κ1) is 10.3. The number of carbonyl (C=O) groups is 1. The van der Waals surface area contributed by atoms with E-state index in [1.165, 1.54) is 0 Å². The summed E-state index contributed by atoms with van der Waals surface area (Å²) in [6.07, 6.45) is 5.03. The summed E-state index contributed by atoms with van der Waals surface area (Å²) in [4.78, 5) is 15.9. The predicted octanol–water partition coefficient (Wildman–Crippen LogP) is 1.50. The van der Waals surface area contributed by atoms with Gasteiger partial charge >= 0.3 is 0 Å². The maximum absolute atomic E-state index is 11.8. The van der Waals surface area contributed by atoms with Crippen molar-refractivity contribution in [3.05, 3.63) is 30.1 Å². The quantitative estimate of drug-likeness (QED) is 0.813. The number of carbonyl (C=O) groups excluding carboxylic acids is 1. The second-order valence-electron chi connectivity index (χ2n) is 4.16. The molecule has 1 fully saturated rings. The van der Waals surface area contributed by atoms with Crippen LogP contribution in [0.3, 0.4) is 0 Å². The van der Waals surface area contributed by atoms with Crippen molar-refractivity contribution in [2.75, 3.05) is 0 Å². The molecule has 0 aromatic carbocycles. The third-order valence-corrected chi connectivity index (χ3v) is 3.02. The Balaban J connectivity index is 2.04. The van der Waals surface area contributed by atoms with Gasteiger partial charge in [0.1, 0.15) is 5.60 Å². The van der Waals surface area contributed by atoms with E-state index in [4.69, 9.17) is 0 Å². The number of hydrogen-bond acceptors (Lipinski definition) is 3. The Bertz CT molecular complexity index is 342. The van der Waals surface area contributed by atoms with Crippen molar-refractivity contribution < 1.29 is 9.90 Å². The molecule has 1 aliphatic rings. The molecule has 0 saturated heterocycles. The molecule has 0 aliphatic heterocycles. The number of aromatic nitrogens is 1. The van der Waals surface area contributed by atoms with E-state index in [0.717, 1.165) is 18.5 Å². The summed E-state index contributed by atoms with van der Waals surface area (Å²) in [6.45, 7) is 0. The van der Waals surface area contributed by atoms with Crippen LogP contribution in [0.5, 0.6) is 0 Å². The van der Waals surface area contributed by atoms with Gasteiger partial charge in [-0.3, -0.25) is 9.78 Å². The molecule has 1 N–H and O–H groups in total. The molecular weight excluding hydrogens is 190 g/mol. The number of pyridine rings is 1. The highest BCUT2D eigenvalue weighted by Crippen LogP contribution is 2.30. The molecule has 15 heavy (non-hydrogen) atoms. The number of aliphatic hydroxyl groups is 1. The number of ketones is 1. The van der Waals surface area contributed by atoms with E-state index in [0.29, 0.717) is 12.8 Å². The highest BCUT2D eigenvalue weighted by molar-refractivity contribution is 5.88. The molecule has 0 amide bonds. The Labute approximate surface area is 89.2 Å². The third-order valence-electron chi connectivity index (χ3n) is 3.02. The topological polar surface area (TPSA) is 50.2 Å². The molecule has 0 atom stereocenters. The lowest BCUT2D eigenvalue weighted by Gasteiger charge is -2.19. The fourth-order valence-electron chi connectivity index (χ4n) is 2.07. The van der Waals surface area contributed by atoms with E-state index in [1.54, 1.807) is 6.20 Å². The smallest absolute Gasteiger partial charge is 0.170 e. The first-order chi connectivity index (χ1) is 7.21. The van der Waals surface area contributed by atoms with Gasteiger partial charge in [0.2, 0.25) is 0 Å². The van der Waals surface area contributed by atoms with Crippen LogP contribution in [-0.4, -0.2) is 21.5 Å². The van der Waals surface area contributed by atoms with Crippen molar-refractivity contribution in [3.63, 3.8) is 0 Å². The minimum Gasteiger partial charge on any atom is -0.382 e. The van der Waals surface area contributed by atoms with Crippen LogP contribution in [0.25, 0.3) is 0 Å². The van der Waals surface area contributed by atoms with Crippen molar-refractivity contribution in [3.8, 4) is 0 Å². The third kappa shape index (κ3) is 2.23. The highest BCUT2D eigenvalue weighted by atomic mass is 16.3. The molecular formula is C12H15NO2. The van der Waals surface area contributed by atoms with Crippen molar-refractivity contribution in [2.24, 2.45) is 0 Å². The summed E-state index contributed by atoms with van der Waals surface area (Å²) in [6, 6.07) is 5.49. The second kappa shape index (κ2) is 4.11. The predicted molar refractivity (Wildman–Crippen MR) is 56.4 cm³/mol. The van der Waals surface area contributed by atoms with E-state index in [-0.39, 0.29) is 12.2 Å². The molecule has 0 radical (unpaired) electrons. The summed E-state index contributed by atoms with van der Waals surface area (Å²) in [7, 11) is 0. The Hall–Kier alpha value is -1.22. The minimum atomic E-state index is -1.07. The zero-order valence-electron chi connectivity index (χ0n) is 8.65. The minimum absolute atomic E-state index is 0.0845. The van der Waals surface area contributed by atoms with Crippen molar-refractivity contribution in [1.29, 1.82) is 0 Å². The fraction of sp³-hybridized carbons (Fsp3) is 0.500. The van der Waals surface area contributed by atoms with Gasteiger partial charge in [0, 0.05) is 11.9 Å². The van der Waals surface area contributed by atoms with Gasteiger partial charge < -0.3 is 5.11 Å². The van der Waals surface area contributed by atoms with Gasteiger partial charge in [-0.2, -0.15) is 0 Å². The molecule has 1 aromatic rings. The van der Waals surface area contributed by atoms with Gasteiger partial charge in [-0.25, -0.2) is 0 Å². The number of rotatable bonds is 3. The van der Waals surface area contributed by atoms with Crippen LogP contribution in [0.2, 0.25) is 0 Å². The first-order valence-electron chi connectivity index (χ1n) is 5.36. The molecule has 1 aliphatic carbocycles. The fourth-order valence-corrected chi connectivity index (χ4v) is 2.07. The van der Waals surface area contributed by atoms with E-state index < -0.39 is 5.60 Å². The van der Waals surface area contributed by atoms with Crippen molar-refractivity contribution in [2.45, 2.75) is 37.7 Å². The van der Waals surface area contributed by atoms with Gasteiger partial charge in [-0.05, 0) is 37.8 Å². The number of Topliss-reactive ketones (excluding diaryl/α,β-unsaturated/α-hetero) is 1. The maximum Gasteiger partial charge on any atom is 0.170 e. The lowest BCUT2D eigenvalue weighted by Crippen LogP contribution is -2.36. The molecule has 2 rings (SSSR count). The summed E-state index contributed by atoms with van der Waals surface area (Å²) in [5, 5.41) is 10.0. The summed E-state index contributed by atoms with van der Waals surface area (Å²) >= 11 is 0. The molecule has 1 saturated carbocycles. The van der Waals surface area contributed by atoms with Gasteiger partial charge in [0.25, 0.3) is 0 Å². The Kier molecular flexibility index (Phi) is 2.82. The van der Waals surface area contributed by atoms with Crippen LogP contribution in [0, 0.1) is 0 Å². The van der Waals surface area contributed by atoms with Crippen LogP contribution in [0.4, 0.5) is 0 Å². The molecule has 0 spiro atoms. The number of hydrogen-bond donors (Lipinski definition) is 1. The lowest BCUT2D eigenvalue weighted by molar-refractivity contribution is -0.136.